The summed E-state index contributed by atoms with van der Waals surface area (Å²) in [4.78, 5) is 27.9. The normalized spacial score (nSPS) is 15.9. The molecule has 1 amide bonds. The molecule has 34 heavy (non-hydrogen) atoms. The molecule has 1 unspecified atom stereocenters. The van der Waals surface area contributed by atoms with Gasteiger partial charge in [0, 0.05) is 11.1 Å². The Hall–Kier alpha value is -4.59. The summed E-state index contributed by atoms with van der Waals surface area (Å²) in [5, 5.41) is 21.1. The number of hydrogen-bond donors (Lipinski definition) is 2. The zero-order valence-corrected chi connectivity index (χ0v) is 17.9. The summed E-state index contributed by atoms with van der Waals surface area (Å²) >= 11 is 0. The van der Waals surface area contributed by atoms with Crippen LogP contribution < -0.4 is 9.64 Å². The molecule has 5 rings (SSSR count). The van der Waals surface area contributed by atoms with Gasteiger partial charge in [0.05, 0.1) is 18.7 Å². The highest BCUT2D eigenvalue weighted by atomic mass is 19.1. The standard InChI is InChI=1S/C26H18FNO6/c1-33-19-7-2-4-15-12-20(34-25(15)19)23(30)21-22(14-8-10-18(29)11-9-14)28(26(32)24(21)31)17-6-3-5-16(27)13-17/h2-13,22,29,31H,1H3. The number of aliphatic hydroxyl groups is 1. The molecule has 7 nitrogen and oxygen atoms in total. The number of ether oxygens (including phenoxy) is 1. The lowest BCUT2D eigenvalue weighted by atomic mass is 9.94. The van der Waals surface area contributed by atoms with E-state index < -0.39 is 29.3 Å². The SMILES string of the molecule is COc1cccc2cc(C(=O)C3=C(O)C(=O)N(c4cccc(F)c4)C3c3ccc(O)cc3)oc12. The fourth-order valence-electron chi connectivity index (χ4n) is 4.14. The lowest BCUT2D eigenvalue weighted by Crippen LogP contribution is -2.31. The van der Waals surface area contributed by atoms with Crippen molar-refractivity contribution >= 4 is 28.3 Å². The third kappa shape index (κ3) is 3.36. The zero-order chi connectivity index (χ0) is 24.0. The second-order valence-electron chi connectivity index (χ2n) is 7.73. The summed E-state index contributed by atoms with van der Waals surface area (Å²) in [6.07, 6.45) is 0. The Kier molecular flexibility index (Phi) is 5.05. The van der Waals surface area contributed by atoms with Gasteiger partial charge in [-0.05, 0) is 48.0 Å². The average Bonchev–Trinajstić information content (AvgIpc) is 3.38. The van der Waals surface area contributed by atoms with Gasteiger partial charge in [0.25, 0.3) is 5.91 Å². The molecule has 1 atom stereocenters. The molecule has 1 aliphatic rings. The number of ketones is 1. The minimum absolute atomic E-state index is 0.0177. The molecule has 2 N–H and O–H groups in total. The number of fused-ring (bicyclic) bond motifs is 1. The predicted molar refractivity (Wildman–Crippen MR) is 121 cm³/mol. The maximum Gasteiger partial charge on any atom is 0.294 e. The van der Waals surface area contributed by atoms with E-state index in [0.29, 0.717) is 22.3 Å². The minimum atomic E-state index is -1.09. The van der Waals surface area contributed by atoms with Crippen LogP contribution in [0, 0.1) is 5.82 Å². The molecule has 0 spiro atoms. The quantitative estimate of drug-likeness (QED) is 0.404. The molecular formula is C26H18FNO6. The van der Waals surface area contributed by atoms with Crippen LogP contribution in [-0.4, -0.2) is 29.0 Å². The molecule has 2 heterocycles. The Balaban J connectivity index is 1.67. The number of benzene rings is 3. The third-order valence-electron chi connectivity index (χ3n) is 5.70. The first-order chi connectivity index (χ1) is 16.4. The van der Waals surface area contributed by atoms with Crippen LogP contribution in [0.2, 0.25) is 0 Å². The number of phenolic OH excluding ortho intramolecular Hbond substituents is 1. The number of rotatable bonds is 5. The highest BCUT2D eigenvalue weighted by Gasteiger charge is 2.45. The van der Waals surface area contributed by atoms with Gasteiger partial charge >= 0.3 is 0 Å². The van der Waals surface area contributed by atoms with Gasteiger partial charge in [-0.25, -0.2) is 4.39 Å². The van der Waals surface area contributed by atoms with Crippen molar-refractivity contribution in [3.8, 4) is 11.5 Å². The van der Waals surface area contributed by atoms with E-state index in [1.807, 2.05) is 0 Å². The molecule has 1 aromatic heterocycles. The maximum absolute atomic E-state index is 14.0. The molecule has 0 aliphatic carbocycles. The first-order valence-corrected chi connectivity index (χ1v) is 10.3. The van der Waals surface area contributed by atoms with Crippen LogP contribution in [0.3, 0.4) is 0 Å². The average molecular weight is 459 g/mol. The number of nitrogens with zero attached hydrogens (tertiary/aromatic N) is 1. The molecule has 0 saturated heterocycles. The number of aromatic hydroxyl groups is 1. The Morgan fingerprint density at radius 3 is 2.47 bits per heavy atom. The van der Waals surface area contributed by atoms with Crippen LogP contribution in [0.1, 0.15) is 22.2 Å². The van der Waals surface area contributed by atoms with Gasteiger partial charge in [-0.1, -0.05) is 30.3 Å². The lowest BCUT2D eigenvalue weighted by Gasteiger charge is -2.26. The van der Waals surface area contributed by atoms with Crippen LogP contribution in [0.15, 0.2) is 88.5 Å². The number of hydrogen-bond acceptors (Lipinski definition) is 6. The second kappa shape index (κ2) is 8.08. The number of anilines is 1. The van der Waals surface area contributed by atoms with Crippen LogP contribution in [0.4, 0.5) is 10.1 Å². The number of methoxy groups -OCH3 is 1. The smallest absolute Gasteiger partial charge is 0.294 e. The highest BCUT2D eigenvalue weighted by molar-refractivity contribution is 6.20. The van der Waals surface area contributed by atoms with Crippen LogP contribution in [0.25, 0.3) is 11.0 Å². The first-order valence-electron chi connectivity index (χ1n) is 10.3. The molecule has 8 heteroatoms. The van der Waals surface area contributed by atoms with Gasteiger partial charge < -0.3 is 19.4 Å². The van der Waals surface area contributed by atoms with Crippen LogP contribution in [0.5, 0.6) is 11.5 Å². The Morgan fingerprint density at radius 1 is 1.03 bits per heavy atom. The Bertz CT molecular complexity index is 1470. The van der Waals surface area contributed by atoms with Crippen molar-refractivity contribution in [3.63, 3.8) is 0 Å². The van der Waals surface area contributed by atoms with E-state index in [9.17, 15) is 24.2 Å². The molecule has 0 bridgehead atoms. The number of phenols is 1. The molecule has 1 aliphatic heterocycles. The van der Waals surface area contributed by atoms with E-state index in [4.69, 9.17) is 9.15 Å². The van der Waals surface area contributed by atoms with Crippen molar-refractivity contribution in [2.45, 2.75) is 6.04 Å². The van der Waals surface area contributed by atoms with E-state index in [2.05, 4.69) is 0 Å². The Morgan fingerprint density at radius 2 is 1.76 bits per heavy atom. The molecule has 0 fully saturated rings. The molecule has 0 saturated carbocycles. The number of halogens is 1. The largest absolute Gasteiger partial charge is 0.508 e. The number of aliphatic hydroxyl groups excluding tert-OH is 1. The van der Waals surface area contributed by atoms with Crippen molar-refractivity contribution in [1.82, 2.24) is 0 Å². The fraction of sp³-hybridized carbons (Fsp3) is 0.0769. The first kappa shape index (κ1) is 21.3. The van der Waals surface area contributed by atoms with Crippen molar-refractivity contribution in [2.75, 3.05) is 12.0 Å². The van der Waals surface area contributed by atoms with Gasteiger partial charge in [0.1, 0.15) is 11.6 Å². The van der Waals surface area contributed by atoms with E-state index in [-0.39, 0.29) is 22.8 Å². The zero-order valence-electron chi connectivity index (χ0n) is 17.9. The van der Waals surface area contributed by atoms with Crippen molar-refractivity contribution < 1.29 is 33.3 Å². The molecule has 3 aromatic carbocycles. The number of furan rings is 1. The molecule has 170 valence electrons. The fourth-order valence-corrected chi connectivity index (χ4v) is 4.14. The summed E-state index contributed by atoms with van der Waals surface area (Å²) in [7, 11) is 1.47. The number of carbonyl (C=O) groups excluding carboxylic acids is 2. The summed E-state index contributed by atoms with van der Waals surface area (Å²) in [6, 6.07) is 16.7. The molecule has 4 aromatic rings. The summed E-state index contributed by atoms with van der Waals surface area (Å²) < 4.78 is 25.0. The van der Waals surface area contributed by atoms with Crippen LogP contribution >= 0.6 is 0 Å². The van der Waals surface area contributed by atoms with Gasteiger partial charge in [0.2, 0.25) is 5.78 Å². The second-order valence-corrected chi connectivity index (χ2v) is 7.73. The van der Waals surface area contributed by atoms with E-state index in [0.717, 1.165) is 11.0 Å². The van der Waals surface area contributed by atoms with Gasteiger partial charge in [-0.3, -0.25) is 14.5 Å². The molecule has 0 radical (unpaired) electrons. The van der Waals surface area contributed by atoms with E-state index in [1.54, 1.807) is 18.2 Å². The highest BCUT2D eigenvalue weighted by Crippen LogP contribution is 2.43. The van der Waals surface area contributed by atoms with E-state index >= 15 is 0 Å². The van der Waals surface area contributed by atoms with Gasteiger partial charge in [-0.15, -0.1) is 0 Å². The minimum Gasteiger partial charge on any atom is -0.508 e. The van der Waals surface area contributed by atoms with Crippen LogP contribution in [-0.2, 0) is 4.79 Å². The summed E-state index contributed by atoms with van der Waals surface area (Å²) in [5.74, 6) is -2.61. The number of Topliss-reactive ketones (excluding diaryl/α,β-unsaturated/α-hetero) is 1. The number of para-hydroxylation sites is 1. The summed E-state index contributed by atoms with van der Waals surface area (Å²) in [5.41, 5.74) is 0.708. The predicted octanol–water partition coefficient (Wildman–Crippen LogP) is 5.07. The van der Waals surface area contributed by atoms with Crippen molar-refractivity contribution in [3.05, 3.63) is 101 Å². The number of carbonyl (C=O) groups is 2. The Labute approximate surface area is 192 Å². The van der Waals surface area contributed by atoms with Crippen molar-refractivity contribution in [1.29, 1.82) is 0 Å². The summed E-state index contributed by atoms with van der Waals surface area (Å²) in [6.45, 7) is 0. The monoisotopic (exact) mass is 459 g/mol. The van der Waals surface area contributed by atoms with E-state index in [1.165, 1.54) is 55.6 Å². The molecular weight excluding hydrogens is 441 g/mol. The maximum atomic E-state index is 14.0. The van der Waals surface area contributed by atoms with Gasteiger partial charge in [-0.2, -0.15) is 0 Å². The van der Waals surface area contributed by atoms with Gasteiger partial charge in [0.15, 0.2) is 22.9 Å². The topological polar surface area (TPSA) is 100 Å². The third-order valence-corrected chi connectivity index (χ3v) is 5.70. The number of amides is 1. The van der Waals surface area contributed by atoms with Crippen molar-refractivity contribution in [2.24, 2.45) is 0 Å². The lowest BCUT2D eigenvalue weighted by molar-refractivity contribution is -0.117.